The molecular formula is C13H21NO2S. The SMILES string of the molecule is CCCCCS(=O)CCOc1ccc(N)cc1. The highest BCUT2D eigenvalue weighted by atomic mass is 32.2. The third kappa shape index (κ3) is 6.31. The van der Waals surface area contributed by atoms with Crippen LogP contribution in [0.1, 0.15) is 26.2 Å². The Kier molecular flexibility index (Phi) is 6.70. The van der Waals surface area contributed by atoms with E-state index < -0.39 is 10.8 Å². The smallest absolute Gasteiger partial charge is 0.119 e. The number of rotatable bonds is 8. The number of hydrogen-bond donors (Lipinski definition) is 1. The lowest BCUT2D eigenvalue weighted by Crippen LogP contribution is -2.11. The van der Waals surface area contributed by atoms with E-state index in [2.05, 4.69) is 6.92 Å². The van der Waals surface area contributed by atoms with Crippen LogP contribution in [0.4, 0.5) is 5.69 Å². The van der Waals surface area contributed by atoms with Gasteiger partial charge in [0.1, 0.15) is 5.75 Å². The molecule has 0 spiro atoms. The topological polar surface area (TPSA) is 52.3 Å². The molecule has 0 aliphatic rings. The van der Waals surface area contributed by atoms with E-state index >= 15 is 0 Å². The lowest BCUT2D eigenvalue weighted by atomic mass is 10.3. The monoisotopic (exact) mass is 255 g/mol. The molecule has 0 aliphatic carbocycles. The molecule has 1 unspecified atom stereocenters. The lowest BCUT2D eigenvalue weighted by Gasteiger charge is -2.06. The van der Waals surface area contributed by atoms with Crippen molar-refractivity contribution in [3.63, 3.8) is 0 Å². The molecule has 0 heterocycles. The fraction of sp³-hybridized carbons (Fsp3) is 0.538. The summed E-state index contributed by atoms with van der Waals surface area (Å²) in [6.07, 6.45) is 3.37. The minimum atomic E-state index is -0.749. The molecule has 0 radical (unpaired) electrons. The van der Waals surface area contributed by atoms with Gasteiger partial charge in [-0.15, -0.1) is 0 Å². The minimum absolute atomic E-state index is 0.503. The van der Waals surface area contributed by atoms with Crippen molar-refractivity contribution >= 4 is 16.5 Å². The van der Waals surface area contributed by atoms with Crippen molar-refractivity contribution in [1.82, 2.24) is 0 Å². The van der Waals surface area contributed by atoms with Crippen molar-refractivity contribution in [2.24, 2.45) is 0 Å². The van der Waals surface area contributed by atoms with Crippen molar-refractivity contribution < 1.29 is 8.95 Å². The predicted molar refractivity (Wildman–Crippen MR) is 73.8 cm³/mol. The molecule has 0 saturated carbocycles. The van der Waals surface area contributed by atoms with Gasteiger partial charge in [-0.25, -0.2) is 0 Å². The quantitative estimate of drug-likeness (QED) is 0.574. The van der Waals surface area contributed by atoms with Gasteiger partial charge in [-0.05, 0) is 30.7 Å². The summed E-state index contributed by atoms with van der Waals surface area (Å²) in [5.74, 6) is 2.18. The van der Waals surface area contributed by atoms with Gasteiger partial charge in [0.05, 0.1) is 12.4 Å². The Bertz CT molecular complexity index is 338. The first kappa shape index (κ1) is 14.0. The zero-order chi connectivity index (χ0) is 12.5. The Hall–Kier alpha value is -1.03. The maximum Gasteiger partial charge on any atom is 0.119 e. The van der Waals surface area contributed by atoms with Crippen molar-refractivity contribution in [2.45, 2.75) is 26.2 Å². The van der Waals surface area contributed by atoms with Gasteiger partial charge in [-0.2, -0.15) is 0 Å². The van der Waals surface area contributed by atoms with E-state index in [1.807, 2.05) is 12.1 Å². The van der Waals surface area contributed by atoms with Gasteiger partial charge >= 0.3 is 0 Å². The average molecular weight is 255 g/mol. The van der Waals surface area contributed by atoms with Crippen molar-refractivity contribution in [3.8, 4) is 5.75 Å². The van der Waals surface area contributed by atoms with Crippen LogP contribution >= 0.6 is 0 Å². The van der Waals surface area contributed by atoms with Crippen molar-refractivity contribution in [3.05, 3.63) is 24.3 Å². The second kappa shape index (κ2) is 8.12. The molecule has 2 N–H and O–H groups in total. The summed E-state index contributed by atoms with van der Waals surface area (Å²) in [6.45, 7) is 2.65. The zero-order valence-electron chi connectivity index (χ0n) is 10.4. The second-order valence-corrected chi connectivity index (χ2v) is 5.67. The number of benzene rings is 1. The van der Waals surface area contributed by atoms with Crippen molar-refractivity contribution in [1.29, 1.82) is 0 Å². The number of unbranched alkanes of at least 4 members (excludes halogenated alkanes) is 2. The number of nitrogen functional groups attached to an aromatic ring is 1. The van der Waals surface area contributed by atoms with E-state index in [4.69, 9.17) is 10.5 Å². The minimum Gasteiger partial charge on any atom is -0.493 e. The van der Waals surface area contributed by atoms with Crippen LogP contribution in [-0.2, 0) is 10.8 Å². The van der Waals surface area contributed by atoms with Gasteiger partial charge in [0.2, 0.25) is 0 Å². The van der Waals surface area contributed by atoms with Crippen LogP contribution in [-0.4, -0.2) is 22.3 Å². The van der Waals surface area contributed by atoms with Crippen molar-refractivity contribution in [2.75, 3.05) is 23.8 Å². The molecule has 1 aromatic carbocycles. The summed E-state index contributed by atoms with van der Waals surface area (Å²) in [5, 5.41) is 0. The van der Waals surface area contributed by atoms with Crippen LogP contribution in [0.2, 0.25) is 0 Å². The Labute approximate surface area is 106 Å². The summed E-state index contributed by atoms with van der Waals surface area (Å²) in [7, 11) is -0.749. The molecule has 0 aliphatic heterocycles. The molecule has 96 valence electrons. The molecule has 3 nitrogen and oxygen atoms in total. The van der Waals surface area contributed by atoms with E-state index in [0.29, 0.717) is 12.4 Å². The third-order valence-electron chi connectivity index (χ3n) is 2.44. The molecule has 0 amide bonds. The van der Waals surface area contributed by atoms with Crippen LogP contribution in [0.15, 0.2) is 24.3 Å². The first-order valence-corrected chi connectivity index (χ1v) is 7.54. The van der Waals surface area contributed by atoms with Gasteiger partial charge in [0.15, 0.2) is 0 Å². The van der Waals surface area contributed by atoms with E-state index in [9.17, 15) is 4.21 Å². The Morgan fingerprint density at radius 2 is 1.88 bits per heavy atom. The van der Waals surface area contributed by atoms with E-state index in [0.717, 1.165) is 30.0 Å². The number of nitrogens with two attached hydrogens (primary N) is 1. The largest absolute Gasteiger partial charge is 0.493 e. The van der Waals surface area contributed by atoms with Gasteiger partial charge in [-0.1, -0.05) is 19.8 Å². The van der Waals surface area contributed by atoms with Crippen LogP contribution in [0.25, 0.3) is 0 Å². The van der Waals surface area contributed by atoms with Crippen LogP contribution in [0.3, 0.4) is 0 Å². The lowest BCUT2D eigenvalue weighted by molar-refractivity contribution is 0.342. The zero-order valence-corrected chi connectivity index (χ0v) is 11.2. The Morgan fingerprint density at radius 3 is 2.53 bits per heavy atom. The molecule has 17 heavy (non-hydrogen) atoms. The standard InChI is InChI=1S/C13H21NO2S/c1-2-3-4-10-17(15)11-9-16-13-7-5-12(14)6-8-13/h5-8H,2-4,9-11,14H2,1H3. The molecule has 1 atom stereocenters. The molecule has 0 bridgehead atoms. The Balaban J connectivity index is 2.14. The summed E-state index contributed by atoms with van der Waals surface area (Å²) in [6, 6.07) is 7.26. The van der Waals surface area contributed by atoms with Crippen LogP contribution < -0.4 is 10.5 Å². The summed E-state index contributed by atoms with van der Waals surface area (Å²) >= 11 is 0. The average Bonchev–Trinajstić information content (AvgIpc) is 2.32. The van der Waals surface area contributed by atoms with Gasteiger partial charge < -0.3 is 10.5 Å². The van der Waals surface area contributed by atoms with E-state index in [1.165, 1.54) is 6.42 Å². The number of hydrogen-bond acceptors (Lipinski definition) is 3. The molecule has 1 rings (SSSR count). The maximum atomic E-state index is 11.6. The fourth-order valence-electron chi connectivity index (χ4n) is 1.43. The molecule has 1 aromatic rings. The van der Waals surface area contributed by atoms with Gasteiger partial charge in [-0.3, -0.25) is 4.21 Å². The number of anilines is 1. The highest BCUT2D eigenvalue weighted by Crippen LogP contribution is 2.12. The van der Waals surface area contributed by atoms with Crippen LogP contribution in [0.5, 0.6) is 5.75 Å². The van der Waals surface area contributed by atoms with Gasteiger partial charge in [0.25, 0.3) is 0 Å². The molecular weight excluding hydrogens is 234 g/mol. The summed E-state index contributed by atoms with van der Waals surface area (Å²) in [5.41, 5.74) is 6.29. The fourth-order valence-corrected chi connectivity index (χ4v) is 2.43. The van der Waals surface area contributed by atoms with E-state index in [-0.39, 0.29) is 0 Å². The first-order valence-electron chi connectivity index (χ1n) is 6.05. The summed E-state index contributed by atoms with van der Waals surface area (Å²) < 4.78 is 17.1. The molecule has 0 aromatic heterocycles. The van der Waals surface area contributed by atoms with Gasteiger partial charge in [0, 0.05) is 22.2 Å². The highest BCUT2D eigenvalue weighted by molar-refractivity contribution is 7.84. The van der Waals surface area contributed by atoms with Crippen LogP contribution in [0, 0.1) is 0 Å². The number of ether oxygens (including phenoxy) is 1. The highest BCUT2D eigenvalue weighted by Gasteiger charge is 2.00. The maximum absolute atomic E-state index is 11.6. The second-order valence-electron chi connectivity index (χ2n) is 3.97. The first-order chi connectivity index (χ1) is 8.22. The molecule has 4 heteroatoms. The predicted octanol–water partition coefficient (Wildman–Crippen LogP) is 2.59. The molecule has 0 saturated heterocycles. The normalized spacial score (nSPS) is 12.3. The summed E-state index contributed by atoms with van der Waals surface area (Å²) in [4.78, 5) is 0. The van der Waals surface area contributed by atoms with E-state index in [1.54, 1.807) is 12.1 Å². The molecule has 0 fully saturated rings. The third-order valence-corrected chi connectivity index (χ3v) is 3.80. The Morgan fingerprint density at radius 1 is 1.18 bits per heavy atom.